The number of hydrogen-bond donors (Lipinski definition) is 1. The summed E-state index contributed by atoms with van der Waals surface area (Å²) >= 11 is 0. The maximum Gasteiger partial charge on any atom is 0.179 e. The van der Waals surface area contributed by atoms with E-state index in [1.165, 1.54) is 25.3 Å². The molecule has 86 valence electrons. The van der Waals surface area contributed by atoms with Crippen LogP contribution in [0.25, 0.3) is 0 Å². The molecule has 0 aliphatic rings. The van der Waals surface area contributed by atoms with Gasteiger partial charge in [-0.2, -0.15) is 0 Å². The Morgan fingerprint density at radius 3 is 2.56 bits per heavy atom. The van der Waals surface area contributed by atoms with Gasteiger partial charge in [-0.3, -0.25) is 0 Å². The lowest BCUT2D eigenvalue weighted by molar-refractivity contribution is 0.403. The van der Waals surface area contributed by atoms with Crippen LogP contribution in [0.3, 0.4) is 0 Å². The third-order valence-electron chi connectivity index (χ3n) is 2.08. The lowest BCUT2D eigenvalue weighted by atomic mass is 10.1. The molecule has 0 fully saturated rings. The monoisotopic (exact) mass is 239 g/mol. The molecule has 0 saturated heterocycles. The van der Waals surface area contributed by atoms with Crippen LogP contribution in [0, 0.1) is 5.41 Å². The molecular weight excluding hydrogens is 226 g/mol. The highest BCUT2D eigenvalue weighted by Gasteiger charge is 2.14. The molecule has 16 heavy (non-hydrogen) atoms. The van der Waals surface area contributed by atoms with Gasteiger partial charge >= 0.3 is 0 Å². The SMILES string of the molecule is C=CC(=N)c1ccc(S(C)(=O)=O)c(OC)c1. The minimum atomic E-state index is -3.32. The molecular formula is C11H13NO3S. The lowest BCUT2D eigenvalue weighted by Gasteiger charge is -2.08. The van der Waals surface area contributed by atoms with E-state index in [-0.39, 0.29) is 16.4 Å². The van der Waals surface area contributed by atoms with E-state index < -0.39 is 9.84 Å². The van der Waals surface area contributed by atoms with Gasteiger partial charge in [0.25, 0.3) is 0 Å². The van der Waals surface area contributed by atoms with Crippen molar-refractivity contribution in [2.24, 2.45) is 0 Å². The van der Waals surface area contributed by atoms with Gasteiger partial charge in [0.2, 0.25) is 0 Å². The third kappa shape index (κ3) is 2.49. The largest absolute Gasteiger partial charge is 0.495 e. The molecule has 1 aromatic rings. The van der Waals surface area contributed by atoms with Crippen LogP contribution in [0.4, 0.5) is 0 Å². The van der Waals surface area contributed by atoms with Crippen molar-refractivity contribution in [1.29, 1.82) is 5.41 Å². The summed E-state index contributed by atoms with van der Waals surface area (Å²) < 4.78 is 27.8. The van der Waals surface area contributed by atoms with Crippen molar-refractivity contribution in [2.75, 3.05) is 13.4 Å². The fraction of sp³-hybridized carbons (Fsp3) is 0.182. The number of ether oxygens (including phenoxy) is 1. The summed E-state index contributed by atoms with van der Waals surface area (Å²) in [6.45, 7) is 3.48. The van der Waals surface area contributed by atoms with E-state index in [9.17, 15) is 8.42 Å². The van der Waals surface area contributed by atoms with Gasteiger partial charge in [0.15, 0.2) is 9.84 Å². The van der Waals surface area contributed by atoms with Crippen molar-refractivity contribution in [3.8, 4) is 5.75 Å². The summed E-state index contributed by atoms with van der Waals surface area (Å²) in [6.07, 6.45) is 2.50. The van der Waals surface area contributed by atoms with Gasteiger partial charge in [-0.05, 0) is 18.2 Å². The summed E-state index contributed by atoms with van der Waals surface area (Å²) in [6, 6.07) is 4.50. The molecule has 0 aromatic heterocycles. The first-order valence-electron chi connectivity index (χ1n) is 4.49. The van der Waals surface area contributed by atoms with E-state index in [4.69, 9.17) is 10.1 Å². The topological polar surface area (TPSA) is 67.2 Å². The fourth-order valence-electron chi connectivity index (χ4n) is 1.26. The smallest absolute Gasteiger partial charge is 0.179 e. The highest BCUT2D eigenvalue weighted by molar-refractivity contribution is 7.90. The molecule has 0 amide bonds. The normalized spacial score (nSPS) is 10.9. The zero-order chi connectivity index (χ0) is 12.3. The number of sulfone groups is 1. The Bertz CT molecular complexity index is 532. The van der Waals surface area contributed by atoms with E-state index in [0.29, 0.717) is 5.56 Å². The predicted octanol–water partition coefficient (Wildman–Crippen LogP) is 1.65. The average Bonchev–Trinajstić information content (AvgIpc) is 2.25. The number of allylic oxidation sites excluding steroid dienone is 1. The van der Waals surface area contributed by atoms with Gasteiger partial charge in [0, 0.05) is 11.8 Å². The number of methoxy groups -OCH3 is 1. The molecule has 5 heteroatoms. The van der Waals surface area contributed by atoms with Crippen LogP contribution >= 0.6 is 0 Å². The number of rotatable bonds is 4. The molecule has 0 aliphatic carbocycles. The quantitative estimate of drug-likeness (QED) is 0.812. The number of hydrogen-bond acceptors (Lipinski definition) is 4. The zero-order valence-electron chi connectivity index (χ0n) is 9.15. The first-order chi connectivity index (χ1) is 7.40. The zero-order valence-corrected chi connectivity index (χ0v) is 9.97. The number of benzene rings is 1. The van der Waals surface area contributed by atoms with Crippen molar-refractivity contribution < 1.29 is 13.2 Å². The molecule has 0 heterocycles. The third-order valence-corrected chi connectivity index (χ3v) is 3.21. The first-order valence-corrected chi connectivity index (χ1v) is 6.38. The molecule has 0 aliphatic heterocycles. The van der Waals surface area contributed by atoms with E-state index in [2.05, 4.69) is 6.58 Å². The second kappa shape index (κ2) is 4.49. The van der Waals surface area contributed by atoms with Crippen molar-refractivity contribution in [3.05, 3.63) is 36.4 Å². The van der Waals surface area contributed by atoms with Crippen LogP contribution in [0.5, 0.6) is 5.75 Å². The highest BCUT2D eigenvalue weighted by atomic mass is 32.2. The van der Waals surface area contributed by atoms with Gasteiger partial charge in [-0.15, -0.1) is 0 Å². The minimum Gasteiger partial charge on any atom is -0.495 e. The van der Waals surface area contributed by atoms with Crippen molar-refractivity contribution in [2.45, 2.75) is 4.90 Å². The summed E-state index contributed by atoms with van der Waals surface area (Å²) in [5.74, 6) is 0.242. The van der Waals surface area contributed by atoms with E-state index in [0.717, 1.165) is 6.26 Å². The molecule has 0 atom stereocenters. The van der Waals surface area contributed by atoms with E-state index in [1.54, 1.807) is 6.07 Å². The molecule has 0 saturated carbocycles. The Kier molecular flexibility index (Phi) is 3.49. The predicted molar refractivity (Wildman–Crippen MR) is 63.1 cm³/mol. The van der Waals surface area contributed by atoms with Crippen LogP contribution in [0.15, 0.2) is 35.7 Å². The van der Waals surface area contributed by atoms with Gasteiger partial charge in [-0.1, -0.05) is 12.6 Å². The van der Waals surface area contributed by atoms with Crippen LogP contribution in [-0.2, 0) is 9.84 Å². The maximum atomic E-state index is 11.4. The van der Waals surface area contributed by atoms with E-state index in [1.807, 2.05) is 0 Å². The van der Waals surface area contributed by atoms with Gasteiger partial charge in [-0.25, -0.2) is 8.42 Å². The Hall–Kier alpha value is -1.62. The number of nitrogens with one attached hydrogen (secondary N) is 1. The molecule has 1 aromatic carbocycles. The standard InChI is InChI=1S/C11H13NO3S/c1-4-9(12)8-5-6-11(16(3,13)14)10(7-8)15-2/h4-7,12H,1H2,2-3H3. The minimum absolute atomic E-state index is 0.121. The first kappa shape index (κ1) is 12.4. The van der Waals surface area contributed by atoms with E-state index >= 15 is 0 Å². The van der Waals surface area contributed by atoms with Crippen molar-refractivity contribution in [1.82, 2.24) is 0 Å². The summed E-state index contributed by atoms with van der Waals surface area (Å²) in [5, 5.41) is 7.55. The van der Waals surface area contributed by atoms with Gasteiger partial charge in [0.1, 0.15) is 10.6 Å². The molecule has 0 spiro atoms. The van der Waals surface area contributed by atoms with Crippen LogP contribution in [0.1, 0.15) is 5.56 Å². The van der Waals surface area contributed by atoms with Crippen molar-refractivity contribution >= 4 is 15.5 Å². The summed E-state index contributed by atoms with van der Waals surface area (Å²) in [7, 11) is -1.92. The second-order valence-electron chi connectivity index (χ2n) is 3.26. The Balaban J connectivity index is 3.39. The Morgan fingerprint density at radius 2 is 2.12 bits per heavy atom. The molecule has 4 nitrogen and oxygen atoms in total. The second-order valence-corrected chi connectivity index (χ2v) is 5.24. The Labute approximate surface area is 95.0 Å². The van der Waals surface area contributed by atoms with Crippen LogP contribution in [-0.4, -0.2) is 27.5 Å². The summed E-state index contributed by atoms with van der Waals surface area (Å²) in [5.41, 5.74) is 0.789. The molecule has 0 radical (unpaired) electrons. The Morgan fingerprint density at radius 1 is 1.50 bits per heavy atom. The molecule has 0 unspecified atom stereocenters. The van der Waals surface area contributed by atoms with Crippen molar-refractivity contribution in [3.63, 3.8) is 0 Å². The van der Waals surface area contributed by atoms with Gasteiger partial charge < -0.3 is 10.1 Å². The average molecular weight is 239 g/mol. The van der Waals surface area contributed by atoms with Crippen LogP contribution < -0.4 is 4.74 Å². The maximum absolute atomic E-state index is 11.4. The fourth-order valence-corrected chi connectivity index (χ4v) is 2.08. The van der Waals surface area contributed by atoms with Gasteiger partial charge in [0.05, 0.1) is 12.8 Å². The summed E-state index contributed by atoms with van der Waals surface area (Å²) in [4.78, 5) is 0.121. The van der Waals surface area contributed by atoms with Crippen LogP contribution in [0.2, 0.25) is 0 Å². The molecule has 1 rings (SSSR count). The molecule has 1 N–H and O–H groups in total. The lowest BCUT2D eigenvalue weighted by Crippen LogP contribution is -2.03. The molecule has 0 bridgehead atoms. The highest BCUT2D eigenvalue weighted by Crippen LogP contribution is 2.25.